The largest absolute Gasteiger partial charge is 0.496 e. The number of hydrogen-bond donors (Lipinski definition) is 0. The predicted octanol–water partition coefficient (Wildman–Crippen LogP) is 8.45. The molecule has 0 unspecified atom stereocenters. The summed E-state index contributed by atoms with van der Waals surface area (Å²) in [5.41, 5.74) is -0.541. The van der Waals surface area contributed by atoms with Crippen molar-refractivity contribution in [1.29, 1.82) is 0 Å². The van der Waals surface area contributed by atoms with Crippen LogP contribution in [0.25, 0.3) is 5.57 Å². The molecule has 1 saturated heterocycles. The van der Waals surface area contributed by atoms with Crippen molar-refractivity contribution in [1.82, 2.24) is 9.80 Å². The molecule has 12 heteroatoms. The molecule has 2 aliphatic rings. The number of rotatable bonds is 7. The van der Waals surface area contributed by atoms with Crippen LogP contribution in [0.1, 0.15) is 80.9 Å². The summed E-state index contributed by atoms with van der Waals surface area (Å²) in [6.45, 7) is 10.4. The number of cyclic esters (lactones) is 1. The lowest BCUT2D eigenvalue weighted by molar-refractivity contribution is -0.143. The van der Waals surface area contributed by atoms with E-state index < -0.39 is 53.1 Å². The first kappa shape index (κ1) is 32.6. The van der Waals surface area contributed by atoms with Crippen molar-refractivity contribution in [2.45, 2.75) is 77.5 Å². The maximum Gasteiger partial charge on any atom is 0.416 e. The monoisotopic (exact) mass is 616 g/mol. The lowest BCUT2D eigenvalue weighted by atomic mass is 9.88. The normalized spacial score (nSPS) is 20.4. The predicted molar refractivity (Wildman–Crippen MR) is 147 cm³/mol. The fourth-order valence-electron chi connectivity index (χ4n) is 5.69. The van der Waals surface area contributed by atoms with Crippen molar-refractivity contribution < 1.29 is 45.0 Å². The number of benzene rings is 2. The van der Waals surface area contributed by atoms with E-state index in [1.165, 1.54) is 25.0 Å². The molecule has 2 heterocycles. The minimum absolute atomic E-state index is 0.0116. The minimum atomic E-state index is -5.04. The highest BCUT2D eigenvalue weighted by atomic mass is 19.4. The van der Waals surface area contributed by atoms with Crippen LogP contribution in [0.4, 0.5) is 35.5 Å². The van der Waals surface area contributed by atoms with E-state index in [0.717, 1.165) is 11.1 Å². The zero-order valence-electron chi connectivity index (χ0n) is 24.8. The third-order valence-corrected chi connectivity index (χ3v) is 8.16. The van der Waals surface area contributed by atoms with Gasteiger partial charge < -0.3 is 9.47 Å². The van der Waals surface area contributed by atoms with Crippen LogP contribution < -0.4 is 4.74 Å². The quantitative estimate of drug-likeness (QED) is 0.293. The van der Waals surface area contributed by atoms with Crippen molar-refractivity contribution in [3.05, 3.63) is 69.5 Å². The Morgan fingerprint density at radius 3 is 2.09 bits per heavy atom. The van der Waals surface area contributed by atoms with Crippen LogP contribution in [-0.2, 0) is 17.1 Å². The molecule has 0 saturated carbocycles. The second-order valence-electron chi connectivity index (χ2n) is 11.6. The number of nitrogens with zero attached hydrogens (tertiary/aromatic N) is 2. The molecular weight excluding hydrogens is 581 g/mol. The Kier molecular flexibility index (Phi) is 9.12. The van der Waals surface area contributed by atoms with Crippen LogP contribution >= 0.6 is 0 Å². The van der Waals surface area contributed by atoms with Crippen LogP contribution in [0.5, 0.6) is 5.75 Å². The third-order valence-electron chi connectivity index (χ3n) is 8.16. The molecule has 1 fully saturated rings. The van der Waals surface area contributed by atoms with Gasteiger partial charge in [-0.05, 0) is 79.6 Å². The molecule has 4 rings (SSSR count). The van der Waals surface area contributed by atoms with Gasteiger partial charge in [0.2, 0.25) is 0 Å². The van der Waals surface area contributed by atoms with Crippen LogP contribution in [0.15, 0.2) is 35.9 Å². The fourth-order valence-corrected chi connectivity index (χ4v) is 5.69. The van der Waals surface area contributed by atoms with E-state index in [1.807, 2.05) is 27.7 Å². The molecule has 2 atom stereocenters. The van der Waals surface area contributed by atoms with Gasteiger partial charge in [0.05, 0.1) is 24.3 Å². The highest BCUT2D eigenvalue weighted by Gasteiger charge is 2.44. The fraction of sp³-hybridized carbons (Fsp3) is 0.516. The summed E-state index contributed by atoms with van der Waals surface area (Å²) in [7, 11) is 1.44. The van der Waals surface area contributed by atoms with Crippen molar-refractivity contribution in [2.24, 2.45) is 0 Å². The summed E-state index contributed by atoms with van der Waals surface area (Å²) in [4.78, 5) is 16.6. The topological polar surface area (TPSA) is 42.0 Å². The second kappa shape index (κ2) is 12.0. The number of amides is 1. The summed E-state index contributed by atoms with van der Waals surface area (Å²) >= 11 is 0. The van der Waals surface area contributed by atoms with Gasteiger partial charge in [0.1, 0.15) is 17.7 Å². The van der Waals surface area contributed by atoms with Gasteiger partial charge in [-0.25, -0.2) is 9.18 Å². The Bertz CT molecular complexity index is 1370. The van der Waals surface area contributed by atoms with Gasteiger partial charge >= 0.3 is 18.4 Å². The lowest BCUT2D eigenvalue weighted by Gasteiger charge is -2.36. The molecule has 0 aliphatic carbocycles. The maximum atomic E-state index is 14.8. The smallest absolute Gasteiger partial charge is 0.416 e. The molecule has 2 aliphatic heterocycles. The average molecular weight is 617 g/mol. The van der Waals surface area contributed by atoms with Gasteiger partial charge in [-0.2, -0.15) is 26.3 Å². The second-order valence-corrected chi connectivity index (χ2v) is 11.6. The summed E-state index contributed by atoms with van der Waals surface area (Å²) in [6, 6.07) is 3.57. The molecule has 236 valence electrons. The van der Waals surface area contributed by atoms with Crippen LogP contribution in [0.3, 0.4) is 0 Å². The van der Waals surface area contributed by atoms with Crippen molar-refractivity contribution in [2.75, 3.05) is 26.7 Å². The Labute approximate surface area is 246 Å². The molecule has 0 spiro atoms. The molecule has 0 radical (unpaired) electrons. The van der Waals surface area contributed by atoms with E-state index in [-0.39, 0.29) is 24.6 Å². The van der Waals surface area contributed by atoms with E-state index in [1.54, 1.807) is 6.07 Å². The van der Waals surface area contributed by atoms with Gasteiger partial charge in [-0.1, -0.05) is 13.8 Å². The third kappa shape index (κ3) is 6.78. The zero-order chi connectivity index (χ0) is 32.0. The first-order valence-electron chi connectivity index (χ1n) is 14.0. The molecule has 0 aromatic heterocycles. The van der Waals surface area contributed by atoms with Crippen molar-refractivity contribution in [3.63, 3.8) is 0 Å². The zero-order valence-corrected chi connectivity index (χ0v) is 24.8. The number of ether oxygens (including phenoxy) is 2. The van der Waals surface area contributed by atoms with Gasteiger partial charge in [-0.3, -0.25) is 9.80 Å². The maximum absolute atomic E-state index is 14.8. The van der Waals surface area contributed by atoms with E-state index >= 15 is 0 Å². The molecule has 43 heavy (non-hydrogen) atoms. The lowest BCUT2D eigenvalue weighted by Crippen LogP contribution is -2.41. The number of methoxy groups -OCH3 is 1. The number of hydrogen-bond acceptors (Lipinski definition) is 4. The number of carbonyl (C=O) groups is 1. The van der Waals surface area contributed by atoms with Crippen molar-refractivity contribution >= 4 is 11.7 Å². The molecule has 2 aromatic rings. The average Bonchev–Trinajstić information content (AvgIpc) is 3.19. The summed E-state index contributed by atoms with van der Waals surface area (Å²) in [5.74, 6) is -0.199. The first-order valence-corrected chi connectivity index (χ1v) is 14.0. The molecule has 1 amide bonds. The Hall–Kier alpha value is -3.28. The molecular formula is C31H35F7N2O3. The SMILES string of the molecule is COc1cc(F)c(C(C)C)cc1C1=C(CN2C(=O)O[C@H](c3cc(C(F)(F)F)cc(C(F)(F)F)c3)[C@@H]2C)CN(C(C)C)CC1. The standard InChI is InChI=1S/C31H35F7N2O3/c1-16(2)24-12-25(27(42-6)13-26(24)32)23-7-8-39(17(3)4)14-20(23)15-40-18(5)28(43-29(40)41)19-9-21(30(33,34)35)11-22(10-19)31(36,37)38/h9-13,16-18,28H,7-8,14-15H2,1-6H3/t18-,28-/m0/s1. The first-order chi connectivity index (χ1) is 19.9. The van der Waals surface area contributed by atoms with E-state index in [4.69, 9.17) is 9.47 Å². The molecule has 0 N–H and O–H groups in total. The Balaban J connectivity index is 1.76. The minimum Gasteiger partial charge on any atom is -0.496 e. The molecule has 2 aromatic carbocycles. The van der Waals surface area contributed by atoms with Gasteiger partial charge in [0.15, 0.2) is 0 Å². The number of carbonyl (C=O) groups excluding carboxylic acids is 1. The van der Waals surface area contributed by atoms with Crippen LogP contribution in [0.2, 0.25) is 0 Å². The Morgan fingerprint density at radius 2 is 1.58 bits per heavy atom. The van der Waals surface area contributed by atoms with Gasteiger partial charge in [0.25, 0.3) is 0 Å². The van der Waals surface area contributed by atoms with Gasteiger partial charge in [-0.15, -0.1) is 0 Å². The number of alkyl halides is 6. The van der Waals surface area contributed by atoms with Crippen molar-refractivity contribution in [3.8, 4) is 5.75 Å². The highest BCUT2D eigenvalue weighted by molar-refractivity contribution is 5.77. The van der Waals surface area contributed by atoms with Crippen LogP contribution in [0, 0.1) is 5.82 Å². The van der Waals surface area contributed by atoms with E-state index in [2.05, 4.69) is 4.90 Å². The molecule has 0 bridgehead atoms. The van der Waals surface area contributed by atoms with E-state index in [9.17, 15) is 35.5 Å². The van der Waals surface area contributed by atoms with E-state index in [0.29, 0.717) is 48.5 Å². The number of halogens is 7. The molecule has 5 nitrogen and oxygen atoms in total. The summed E-state index contributed by atoms with van der Waals surface area (Å²) in [6.07, 6.45) is -11.7. The van der Waals surface area contributed by atoms with Crippen LogP contribution in [-0.4, -0.2) is 54.7 Å². The highest BCUT2D eigenvalue weighted by Crippen LogP contribution is 2.42. The van der Waals surface area contributed by atoms with Gasteiger partial charge in [0, 0.05) is 37.3 Å². The summed E-state index contributed by atoms with van der Waals surface area (Å²) < 4.78 is 107. The summed E-state index contributed by atoms with van der Waals surface area (Å²) in [5, 5.41) is 0. The Morgan fingerprint density at radius 1 is 0.977 bits per heavy atom.